The molecule has 6 heteroatoms. The van der Waals surface area contributed by atoms with Gasteiger partial charge >= 0.3 is 5.69 Å². The molecule has 2 aromatic rings. The van der Waals surface area contributed by atoms with Crippen LogP contribution < -0.4 is 11.0 Å². The largest absolute Gasteiger partial charge is 0.389 e. The van der Waals surface area contributed by atoms with E-state index in [1.54, 1.807) is 32.2 Å². The minimum atomic E-state index is -0.876. The van der Waals surface area contributed by atoms with Crippen LogP contribution in [0, 0.1) is 0 Å². The van der Waals surface area contributed by atoms with Gasteiger partial charge in [0.15, 0.2) is 0 Å². The van der Waals surface area contributed by atoms with Gasteiger partial charge in [-0.2, -0.15) is 4.98 Å². The number of hydrogen-bond donors (Lipinski definition) is 3. The van der Waals surface area contributed by atoms with Gasteiger partial charge in [0.05, 0.1) is 11.0 Å². The Hall–Kier alpha value is -1.95. The second-order valence-corrected chi connectivity index (χ2v) is 4.46. The van der Waals surface area contributed by atoms with E-state index in [9.17, 15) is 9.90 Å². The molecule has 0 saturated carbocycles. The molecule has 0 radical (unpaired) electrons. The van der Waals surface area contributed by atoms with Crippen molar-refractivity contribution in [1.29, 1.82) is 0 Å². The standard InChI is InChI=1S/C11H14N4O2/c1-11(2,17)6-13-9-7-4-3-5-12-8(7)14-10(16)15-9/h3-5,17H,6H2,1-2H3,(H2,12,13,14,15,16). The number of aromatic amines is 1. The maximum absolute atomic E-state index is 11.3. The normalized spacial score (nSPS) is 11.7. The Morgan fingerprint density at radius 1 is 1.53 bits per heavy atom. The van der Waals surface area contributed by atoms with Gasteiger partial charge in [-0.3, -0.25) is 4.98 Å². The lowest BCUT2D eigenvalue weighted by atomic mass is 10.1. The molecule has 2 rings (SSSR count). The molecule has 0 aliphatic rings. The average molecular weight is 234 g/mol. The van der Waals surface area contributed by atoms with E-state index in [1.165, 1.54) is 0 Å². The molecule has 2 aromatic heterocycles. The predicted molar refractivity (Wildman–Crippen MR) is 64.9 cm³/mol. The van der Waals surface area contributed by atoms with Crippen LogP contribution in [0.1, 0.15) is 13.8 Å². The molecule has 17 heavy (non-hydrogen) atoms. The lowest BCUT2D eigenvalue weighted by Gasteiger charge is -2.18. The fourth-order valence-electron chi connectivity index (χ4n) is 1.42. The van der Waals surface area contributed by atoms with E-state index in [0.29, 0.717) is 18.0 Å². The van der Waals surface area contributed by atoms with E-state index in [0.717, 1.165) is 5.39 Å². The smallest absolute Gasteiger partial charge is 0.348 e. The minimum Gasteiger partial charge on any atom is -0.389 e. The molecule has 0 aliphatic carbocycles. The van der Waals surface area contributed by atoms with E-state index in [1.807, 2.05) is 0 Å². The van der Waals surface area contributed by atoms with Crippen LogP contribution in [0.5, 0.6) is 0 Å². The van der Waals surface area contributed by atoms with Crippen molar-refractivity contribution in [3.05, 3.63) is 28.8 Å². The zero-order chi connectivity index (χ0) is 12.5. The third kappa shape index (κ3) is 2.79. The quantitative estimate of drug-likeness (QED) is 0.719. The molecule has 6 nitrogen and oxygen atoms in total. The molecule has 2 heterocycles. The predicted octanol–water partition coefficient (Wildman–Crippen LogP) is 0.501. The Balaban J connectivity index is 2.42. The third-order valence-electron chi connectivity index (χ3n) is 2.19. The van der Waals surface area contributed by atoms with Crippen LogP contribution in [-0.2, 0) is 0 Å². The Morgan fingerprint density at radius 3 is 3.00 bits per heavy atom. The number of aromatic nitrogens is 3. The highest BCUT2D eigenvalue weighted by Crippen LogP contribution is 2.15. The Kier molecular flexibility index (Phi) is 2.81. The molecule has 0 unspecified atom stereocenters. The molecule has 0 amide bonds. The zero-order valence-electron chi connectivity index (χ0n) is 9.69. The number of rotatable bonds is 3. The molecule has 0 aromatic carbocycles. The number of aliphatic hydroxyl groups is 1. The van der Waals surface area contributed by atoms with Crippen molar-refractivity contribution < 1.29 is 5.11 Å². The number of fused-ring (bicyclic) bond motifs is 1. The van der Waals surface area contributed by atoms with Crippen molar-refractivity contribution in [2.75, 3.05) is 11.9 Å². The van der Waals surface area contributed by atoms with Crippen molar-refractivity contribution >= 4 is 16.9 Å². The molecule has 90 valence electrons. The van der Waals surface area contributed by atoms with Crippen LogP contribution in [0.3, 0.4) is 0 Å². The Bertz CT molecular complexity index is 586. The van der Waals surface area contributed by atoms with Gasteiger partial charge in [-0.15, -0.1) is 0 Å². The highest BCUT2D eigenvalue weighted by Gasteiger charge is 2.13. The van der Waals surface area contributed by atoms with Gasteiger partial charge in [0, 0.05) is 12.7 Å². The molecular formula is C11H14N4O2. The number of nitrogens with zero attached hydrogens (tertiary/aromatic N) is 2. The second-order valence-electron chi connectivity index (χ2n) is 4.46. The van der Waals surface area contributed by atoms with Crippen LogP contribution in [0.25, 0.3) is 11.0 Å². The van der Waals surface area contributed by atoms with E-state index >= 15 is 0 Å². The monoisotopic (exact) mass is 234 g/mol. The summed E-state index contributed by atoms with van der Waals surface area (Å²) < 4.78 is 0. The van der Waals surface area contributed by atoms with Gasteiger partial charge < -0.3 is 10.4 Å². The lowest BCUT2D eigenvalue weighted by molar-refractivity contribution is 0.0944. The molecule has 0 fully saturated rings. The first kappa shape index (κ1) is 11.5. The second kappa shape index (κ2) is 4.14. The minimum absolute atomic E-state index is 0.299. The summed E-state index contributed by atoms with van der Waals surface area (Å²) in [4.78, 5) is 21.7. The lowest BCUT2D eigenvalue weighted by Crippen LogP contribution is -2.30. The maximum Gasteiger partial charge on any atom is 0.348 e. The summed E-state index contributed by atoms with van der Waals surface area (Å²) in [7, 11) is 0. The number of pyridine rings is 1. The van der Waals surface area contributed by atoms with Crippen LogP contribution >= 0.6 is 0 Å². The van der Waals surface area contributed by atoms with Gasteiger partial charge in [0.2, 0.25) is 0 Å². The molecule has 3 N–H and O–H groups in total. The summed E-state index contributed by atoms with van der Waals surface area (Å²) >= 11 is 0. The summed E-state index contributed by atoms with van der Waals surface area (Å²) in [5, 5.41) is 13.3. The Labute approximate surface area is 97.7 Å². The van der Waals surface area contributed by atoms with Crippen molar-refractivity contribution in [3.8, 4) is 0 Å². The zero-order valence-corrected chi connectivity index (χ0v) is 9.69. The summed E-state index contributed by atoms with van der Waals surface area (Å²) in [5.74, 6) is 0.430. The van der Waals surface area contributed by atoms with E-state index in [-0.39, 0.29) is 0 Å². The van der Waals surface area contributed by atoms with Gasteiger partial charge in [-0.1, -0.05) is 0 Å². The van der Waals surface area contributed by atoms with E-state index in [4.69, 9.17) is 0 Å². The topological polar surface area (TPSA) is 90.9 Å². The highest BCUT2D eigenvalue weighted by atomic mass is 16.3. The summed E-state index contributed by atoms with van der Waals surface area (Å²) in [6, 6.07) is 3.57. The summed E-state index contributed by atoms with van der Waals surface area (Å²) in [6.07, 6.45) is 1.60. The molecule has 0 bridgehead atoms. The number of nitrogens with one attached hydrogen (secondary N) is 2. The van der Waals surface area contributed by atoms with Gasteiger partial charge in [-0.05, 0) is 26.0 Å². The van der Waals surface area contributed by atoms with Crippen LogP contribution in [-0.4, -0.2) is 32.2 Å². The van der Waals surface area contributed by atoms with Crippen molar-refractivity contribution in [2.24, 2.45) is 0 Å². The van der Waals surface area contributed by atoms with Crippen LogP contribution in [0.4, 0.5) is 5.82 Å². The SMILES string of the molecule is CC(C)(O)CNc1nc(=O)[nH]c2ncccc12. The van der Waals surface area contributed by atoms with Crippen LogP contribution in [0.2, 0.25) is 0 Å². The van der Waals surface area contributed by atoms with Crippen molar-refractivity contribution in [3.63, 3.8) is 0 Å². The van der Waals surface area contributed by atoms with Crippen LogP contribution in [0.15, 0.2) is 23.1 Å². The number of hydrogen-bond acceptors (Lipinski definition) is 5. The van der Waals surface area contributed by atoms with Gasteiger partial charge in [0.25, 0.3) is 0 Å². The average Bonchev–Trinajstić information content (AvgIpc) is 2.24. The fraction of sp³-hybridized carbons (Fsp3) is 0.364. The first-order chi connectivity index (χ1) is 7.96. The van der Waals surface area contributed by atoms with E-state index < -0.39 is 11.3 Å². The third-order valence-corrected chi connectivity index (χ3v) is 2.19. The summed E-state index contributed by atoms with van der Waals surface area (Å²) in [6.45, 7) is 3.65. The maximum atomic E-state index is 11.3. The molecule has 0 aliphatic heterocycles. The Morgan fingerprint density at radius 2 is 2.29 bits per heavy atom. The first-order valence-electron chi connectivity index (χ1n) is 5.27. The molecular weight excluding hydrogens is 220 g/mol. The van der Waals surface area contributed by atoms with Gasteiger partial charge in [-0.25, -0.2) is 9.78 Å². The summed E-state index contributed by atoms with van der Waals surface area (Å²) in [5.41, 5.74) is -0.862. The molecule has 0 saturated heterocycles. The van der Waals surface area contributed by atoms with Crippen molar-refractivity contribution in [2.45, 2.75) is 19.4 Å². The fourth-order valence-corrected chi connectivity index (χ4v) is 1.42. The number of H-pyrrole nitrogens is 1. The molecule has 0 atom stereocenters. The number of anilines is 1. The van der Waals surface area contributed by atoms with Gasteiger partial charge in [0.1, 0.15) is 11.5 Å². The molecule has 0 spiro atoms. The highest BCUT2D eigenvalue weighted by molar-refractivity contribution is 5.85. The first-order valence-corrected chi connectivity index (χ1v) is 5.27. The van der Waals surface area contributed by atoms with Crippen molar-refractivity contribution in [1.82, 2.24) is 15.0 Å². The van der Waals surface area contributed by atoms with E-state index in [2.05, 4.69) is 20.3 Å².